The Labute approximate surface area is 111 Å². The molecule has 0 nitrogen and oxygen atoms in total. The van der Waals surface area contributed by atoms with Crippen LogP contribution in [0, 0.1) is 19.8 Å². The van der Waals surface area contributed by atoms with E-state index in [9.17, 15) is 0 Å². The van der Waals surface area contributed by atoms with Crippen molar-refractivity contribution >= 4 is 0 Å². The normalized spacial score (nSPS) is 11.2. The van der Waals surface area contributed by atoms with Gasteiger partial charge in [-0.1, -0.05) is 73.5 Å². The number of hydrogen-bond donors (Lipinski definition) is 0. The number of aryl methyl sites for hydroxylation is 2. The van der Waals surface area contributed by atoms with E-state index >= 15 is 0 Å². The lowest BCUT2D eigenvalue weighted by molar-refractivity contribution is 0.563. The molecule has 0 aliphatic carbocycles. The van der Waals surface area contributed by atoms with Gasteiger partial charge in [-0.2, -0.15) is 0 Å². The third kappa shape index (κ3) is 2.81. The maximum atomic E-state index is 2.31. The lowest BCUT2D eigenvalue weighted by Crippen LogP contribution is -2.09. The quantitative estimate of drug-likeness (QED) is 0.698. The SMILES string of the molecule is Cc1cccc(C(c2cccc(C)c2)C(C)C)c1. The molecule has 0 unspecified atom stereocenters. The Bertz CT molecular complexity index is 478. The minimum Gasteiger partial charge on any atom is -0.0619 e. The lowest BCUT2D eigenvalue weighted by Gasteiger charge is -2.23. The predicted molar refractivity (Wildman–Crippen MR) is 79.0 cm³/mol. The molecule has 2 rings (SSSR count). The van der Waals surface area contributed by atoms with E-state index in [-0.39, 0.29) is 0 Å². The van der Waals surface area contributed by atoms with Gasteiger partial charge in [0.05, 0.1) is 0 Å². The van der Waals surface area contributed by atoms with Crippen LogP contribution in [0.2, 0.25) is 0 Å². The molecule has 0 radical (unpaired) electrons. The third-order valence-electron chi connectivity index (χ3n) is 3.47. The van der Waals surface area contributed by atoms with E-state index < -0.39 is 0 Å². The maximum absolute atomic E-state index is 2.31. The second-order valence-corrected chi connectivity index (χ2v) is 5.55. The molecular weight excluding hydrogens is 216 g/mol. The van der Waals surface area contributed by atoms with Crippen LogP contribution in [-0.2, 0) is 0 Å². The number of hydrogen-bond acceptors (Lipinski definition) is 0. The van der Waals surface area contributed by atoms with Gasteiger partial charge in [0, 0.05) is 5.92 Å². The van der Waals surface area contributed by atoms with Crippen molar-refractivity contribution in [2.24, 2.45) is 5.92 Å². The molecule has 0 fully saturated rings. The van der Waals surface area contributed by atoms with Crippen molar-refractivity contribution in [3.05, 3.63) is 70.8 Å². The minimum atomic E-state index is 0.491. The summed E-state index contributed by atoms with van der Waals surface area (Å²) in [7, 11) is 0. The molecule has 0 atom stereocenters. The zero-order valence-electron chi connectivity index (χ0n) is 11.8. The van der Waals surface area contributed by atoms with Crippen molar-refractivity contribution in [2.45, 2.75) is 33.6 Å². The standard InChI is InChI=1S/C18H22/c1-13(2)18(16-9-5-7-14(3)11-16)17-10-6-8-15(4)12-17/h5-13,18H,1-4H3. The molecule has 94 valence electrons. The first kappa shape index (κ1) is 12.9. The van der Waals surface area contributed by atoms with Crippen LogP contribution in [-0.4, -0.2) is 0 Å². The summed E-state index contributed by atoms with van der Waals surface area (Å²) in [6.07, 6.45) is 0. The first-order chi connectivity index (χ1) is 8.58. The summed E-state index contributed by atoms with van der Waals surface area (Å²) in [4.78, 5) is 0. The minimum absolute atomic E-state index is 0.491. The molecule has 0 aliphatic heterocycles. The van der Waals surface area contributed by atoms with E-state index in [0.29, 0.717) is 11.8 Å². The van der Waals surface area contributed by atoms with E-state index in [1.807, 2.05) is 0 Å². The largest absolute Gasteiger partial charge is 0.0619 e. The summed E-state index contributed by atoms with van der Waals surface area (Å²) in [6, 6.07) is 17.8. The molecule has 0 saturated heterocycles. The highest BCUT2D eigenvalue weighted by Crippen LogP contribution is 2.32. The van der Waals surface area contributed by atoms with Crippen LogP contribution in [0.1, 0.15) is 42.0 Å². The molecule has 18 heavy (non-hydrogen) atoms. The van der Waals surface area contributed by atoms with E-state index in [4.69, 9.17) is 0 Å². The Hall–Kier alpha value is -1.56. The van der Waals surface area contributed by atoms with E-state index in [1.54, 1.807) is 0 Å². The third-order valence-corrected chi connectivity index (χ3v) is 3.47. The Morgan fingerprint density at radius 3 is 1.50 bits per heavy atom. The van der Waals surface area contributed by atoms with Crippen molar-refractivity contribution in [2.75, 3.05) is 0 Å². The zero-order chi connectivity index (χ0) is 13.1. The van der Waals surface area contributed by atoms with Gasteiger partial charge in [-0.05, 0) is 30.9 Å². The second-order valence-electron chi connectivity index (χ2n) is 5.55. The van der Waals surface area contributed by atoms with Crippen LogP contribution in [0.5, 0.6) is 0 Å². The van der Waals surface area contributed by atoms with Gasteiger partial charge in [-0.25, -0.2) is 0 Å². The maximum Gasteiger partial charge on any atom is 0.0113 e. The summed E-state index contributed by atoms with van der Waals surface area (Å²) in [6.45, 7) is 8.93. The Morgan fingerprint density at radius 1 is 0.722 bits per heavy atom. The first-order valence-corrected chi connectivity index (χ1v) is 6.71. The van der Waals surface area contributed by atoms with Crippen LogP contribution in [0.3, 0.4) is 0 Å². The highest BCUT2D eigenvalue weighted by Gasteiger charge is 2.18. The second kappa shape index (κ2) is 5.39. The van der Waals surface area contributed by atoms with E-state index in [0.717, 1.165) is 0 Å². The average Bonchev–Trinajstić information content (AvgIpc) is 2.28. The first-order valence-electron chi connectivity index (χ1n) is 6.71. The van der Waals surface area contributed by atoms with Gasteiger partial charge >= 0.3 is 0 Å². The number of rotatable bonds is 3. The molecule has 0 heterocycles. The average molecular weight is 238 g/mol. The molecule has 2 aromatic rings. The monoisotopic (exact) mass is 238 g/mol. The van der Waals surface area contributed by atoms with Crippen molar-refractivity contribution in [1.82, 2.24) is 0 Å². The molecule has 0 bridgehead atoms. The summed E-state index contributed by atoms with van der Waals surface area (Å²) < 4.78 is 0. The highest BCUT2D eigenvalue weighted by molar-refractivity contribution is 5.36. The topological polar surface area (TPSA) is 0 Å². The molecule has 0 aromatic heterocycles. The van der Waals surface area contributed by atoms with Crippen LogP contribution in [0.4, 0.5) is 0 Å². The Kier molecular flexibility index (Phi) is 3.86. The zero-order valence-corrected chi connectivity index (χ0v) is 11.8. The molecular formula is C18H22. The van der Waals surface area contributed by atoms with Crippen LogP contribution in [0.25, 0.3) is 0 Å². The van der Waals surface area contributed by atoms with Crippen molar-refractivity contribution < 1.29 is 0 Å². The van der Waals surface area contributed by atoms with Crippen molar-refractivity contribution in [1.29, 1.82) is 0 Å². The molecule has 0 spiro atoms. The van der Waals surface area contributed by atoms with Crippen molar-refractivity contribution in [3.8, 4) is 0 Å². The molecule has 0 aliphatic rings. The van der Waals surface area contributed by atoms with Gasteiger partial charge in [0.15, 0.2) is 0 Å². The fourth-order valence-electron chi connectivity index (χ4n) is 2.69. The van der Waals surface area contributed by atoms with E-state index in [1.165, 1.54) is 22.3 Å². The smallest absolute Gasteiger partial charge is 0.0113 e. The molecule has 0 amide bonds. The Balaban J connectivity index is 2.46. The van der Waals surface area contributed by atoms with Crippen LogP contribution < -0.4 is 0 Å². The van der Waals surface area contributed by atoms with E-state index in [2.05, 4.69) is 76.2 Å². The molecule has 2 aromatic carbocycles. The molecule has 0 N–H and O–H groups in total. The van der Waals surface area contributed by atoms with Crippen LogP contribution >= 0.6 is 0 Å². The van der Waals surface area contributed by atoms with Gasteiger partial charge in [-0.3, -0.25) is 0 Å². The highest BCUT2D eigenvalue weighted by atomic mass is 14.2. The predicted octanol–water partition coefficient (Wildman–Crippen LogP) is 5.09. The Morgan fingerprint density at radius 2 is 1.17 bits per heavy atom. The fraction of sp³-hybridized carbons (Fsp3) is 0.333. The fourth-order valence-corrected chi connectivity index (χ4v) is 2.69. The lowest BCUT2D eigenvalue weighted by atomic mass is 9.82. The van der Waals surface area contributed by atoms with Crippen LogP contribution in [0.15, 0.2) is 48.5 Å². The summed E-state index contributed by atoms with van der Waals surface area (Å²) in [5.74, 6) is 1.10. The summed E-state index contributed by atoms with van der Waals surface area (Å²) >= 11 is 0. The number of benzene rings is 2. The molecule has 0 saturated carbocycles. The summed E-state index contributed by atoms with van der Waals surface area (Å²) in [5, 5.41) is 0. The summed E-state index contributed by atoms with van der Waals surface area (Å²) in [5.41, 5.74) is 5.53. The van der Waals surface area contributed by atoms with Gasteiger partial charge < -0.3 is 0 Å². The molecule has 0 heteroatoms. The van der Waals surface area contributed by atoms with Gasteiger partial charge in [0.25, 0.3) is 0 Å². The van der Waals surface area contributed by atoms with Gasteiger partial charge in [0.2, 0.25) is 0 Å². The van der Waals surface area contributed by atoms with Gasteiger partial charge in [-0.15, -0.1) is 0 Å². The van der Waals surface area contributed by atoms with Crippen molar-refractivity contribution in [3.63, 3.8) is 0 Å². The van der Waals surface area contributed by atoms with Gasteiger partial charge in [0.1, 0.15) is 0 Å².